The van der Waals surface area contributed by atoms with Crippen molar-refractivity contribution >= 4 is 45.9 Å². The van der Waals surface area contributed by atoms with Crippen LogP contribution in [0.3, 0.4) is 0 Å². The van der Waals surface area contributed by atoms with Crippen LogP contribution in [0.5, 0.6) is 0 Å². The fraction of sp³-hybridized carbons (Fsp3) is 0.0476. The van der Waals surface area contributed by atoms with Crippen LogP contribution in [0.25, 0.3) is 11.1 Å². The lowest BCUT2D eigenvalue weighted by atomic mass is 10.1. The first-order valence-electron chi connectivity index (χ1n) is 8.28. The zero-order chi connectivity index (χ0) is 18.8. The van der Waals surface area contributed by atoms with Crippen LogP contribution in [0.1, 0.15) is 21.8 Å². The van der Waals surface area contributed by atoms with Crippen LogP contribution in [0, 0.1) is 0 Å². The van der Waals surface area contributed by atoms with Gasteiger partial charge in [0.15, 0.2) is 11.5 Å². The number of nitrogens with zero attached hydrogens (tertiary/aromatic N) is 1. The molecule has 4 aromatic rings. The van der Waals surface area contributed by atoms with Gasteiger partial charge in [-0.15, -0.1) is 0 Å². The molecule has 1 amide bonds. The summed E-state index contributed by atoms with van der Waals surface area (Å²) >= 11 is 11.9. The van der Waals surface area contributed by atoms with E-state index in [2.05, 4.69) is 10.3 Å². The van der Waals surface area contributed by atoms with Crippen LogP contribution in [0.15, 0.2) is 71.1 Å². The van der Waals surface area contributed by atoms with Crippen molar-refractivity contribution in [3.8, 4) is 0 Å². The number of oxazole rings is 1. The summed E-state index contributed by atoms with van der Waals surface area (Å²) in [4.78, 5) is 16.7. The van der Waals surface area contributed by atoms with Crippen LogP contribution in [-0.4, -0.2) is 10.9 Å². The van der Waals surface area contributed by atoms with Crippen molar-refractivity contribution < 1.29 is 9.21 Å². The predicted molar refractivity (Wildman–Crippen MR) is 108 cm³/mol. The maximum atomic E-state index is 12.3. The van der Waals surface area contributed by atoms with E-state index in [-0.39, 0.29) is 5.91 Å². The molecule has 0 bridgehead atoms. The highest BCUT2D eigenvalue weighted by Gasteiger charge is 2.09. The van der Waals surface area contributed by atoms with Gasteiger partial charge in [-0.25, -0.2) is 4.98 Å². The SMILES string of the molecule is O=C(Nc1ccc(Cc2nc3cc(Cl)ccc3o2)cc1)c1cccc(Cl)c1. The van der Waals surface area contributed by atoms with Crippen molar-refractivity contribution in [2.75, 3.05) is 5.32 Å². The number of rotatable bonds is 4. The van der Waals surface area contributed by atoms with E-state index in [4.69, 9.17) is 27.6 Å². The molecular formula is C21H14Cl2N2O2. The van der Waals surface area contributed by atoms with Crippen molar-refractivity contribution in [2.45, 2.75) is 6.42 Å². The van der Waals surface area contributed by atoms with E-state index in [1.807, 2.05) is 30.3 Å². The molecule has 0 spiro atoms. The van der Waals surface area contributed by atoms with Crippen molar-refractivity contribution in [2.24, 2.45) is 0 Å². The zero-order valence-electron chi connectivity index (χ0n) is 14.1. The van der Waals surface area contributed by atoms with Crippen molar-refractivity contribution in [3.05, 3.63) is 93.8 Å². The van der Waals surface area contributed by atoms with Gasteiger partial charge < -0.3 is 9.73 Å². The Morgan fingerprint density at radius 1 is 0.963 bits per heavy atom. The van der Waals surface area contributed by atoms with Crippen molar-refractivity contribution in [1.82, 2.24) is 4.98 Å². The molecule has 134 valence electrons. The second-order valence-corrected chi connectivity index (χ2v) is 6.93. The van der Waals surface area contributed by atoms with Crippen LogP contribution in [0.2, 0.25) is 10.0 Å². The van der Waals surface area contributed by atoms with Crippen LogP contribution in [0.4, 0.5) is 5.69 Å². The summed E-state index contributed by atoms with van der Waals surface area (Å²) in [6, 6.07) is 19.7. The Hall–Kier alpha value is -2.82. The highest BCUT2D eigenvalue weighted by atomic mass is 35.5. The van der Waals surface area contributed by atoms with E-state index >= 15 is 0 Å². The summed E-state index contributed by atoms with van der Waals surface area (Å²) in [5, 5.41) is 4.01. The van der Waals surface area contributed by atoms with E-state index in [9.17, 15) is 4.79 Å². The molecule has 1 N–H and O–H groups in total. The normalized spacial score (nSPS) is 10.9. The van der Waals surface area contributed by atoms with Gasteiger partial charge in [0.05, 0.1) is 0 Å². The lowest BCUT2D eigenvalue weighted by Gasteiger charge is -2.06. The second-order valence-electron chi connectivity index (χ2n) is 6.06. The number of nitrogens with one attached hydrogen (secondary N) is 1. The number of anilines is 1. The molecular weight excluding hydrogens is 383 g/mol. The van der Waals surface area contributed by atoms with Crippen LogP contribution in [-0.2, 0) is 6.42 Å². The largest absolute Gasteiger partial charge is 0.440 e. The number of hydrogen-bond donors (Lipinski definition) is 1. The van der Waals surface area contributed by atoms with Gasteiger partial charge in [-0.2, -0.15) is 0 Å². The number of benzene rings is 3. The van der Waals surface area contributed by atoms with Gasteiger partial charge >= 0.3 is 0 Å². The first-order chi connectivity index (χ1) is 13.1. The molecule has 0 saturated carbocycles. The minimum atomic E-state index is -0.207. The average molecular weight is 397 g/mol. The number of aromatic nitrogens is 1. The molecule has 0 unspecified atom stereocenters. The molecule has 4 rings (SSSR count). The summed E-state index contributed by atoms with van der Waals surface area (Å²) in [6.07, 6.45) is 0.550. The summed E-state index contributed by atoms with van der Waals surface area (Å²) in [5.74, 6) is 0.407. The Kier molecular flexibility index (Phi) is 4.84. The predicted octanol–water partition coefficient (Wildman–Crippen LogP) is 5.98. The van der Waals surface area contributed by atoms with Crippen LogP contribution >= 0.6 is 23.2 Å². The Morgan fingerprint density at radius 2 is 1.74 bits per heavy atom. The lowest BCUT2D eigenvalue weighted by Crippen LogP contribution is -2.11. The van der Waals surface area contributed by atoms with E-state index in [0.29, 0.717) is 39.2 Å². The fourth-order valence-corrected chi connectivity index (χ4v) is 3.09. The van der Waals surface area contributed by atoms with Crippen LogP contribution < -0.4 is 5.32 Å². The van der Waals surface area contributed by atoms with E-state index < -0.39 is 0 Å². The zero-order valence-corrected chi connectivity index (χ0v) is 15.6. The van der Waals surface area contributed by atoms with Crippen molar-refractivity contribution in [3.63, 3.8) is 0 Å². The molecule has 0 radical (unpaired) electrons. The summed E-state index contributed by atoms with van der Waals surface area (Å²) in [5.41, 5.74) is 3.68. The maximum absolute atomic E-state index is 12.3. The Labute approximate surface area is 165 Å². The molecule has 0 aliphatic carbocycles. The quantitative estimate of drug-likeness (QED) is 0.461. The van der Waals surface area contributed by atoms with E-state index in [1.54, 1.807) is 36.4 Å². The topological polar surface area (TPSA) is 55.1 Å². The minimum absolute atomic E-state index is 0.207. The van der Waals surface area contributed by atoms with Gasteiger partial charge in [-0.05, 0) is 54.1 Å². The molecule has 6 heteroatoms. The van der Waals surface area contributed by atoms with Gasteiger partial charge in [-0.3, -0.25) is 4.79 Å². The number of carbonyl (C=O) groups excluding carboxylic acids is 1. The highest BCUT2D eigenvalue weighted by molar-refractivity contribution is 6.31. The monoisotopic (exact) mass is 396 g/mol. The average Bonchev–Trinajstić information content (AvgIpc) is 3.04. The first kappa shape index (κ1) is 17.6. The standard InChI is InChI=1S/C21H14Cl2N2O2/c22-15-3-1-2-14(11-15)21(26)24-17-7-4-13(5-8-17)10-20-25-18-12-16(23)6-9-19(18)27-20/h1-9,11-12H,10H2,(H,24,26). The number of hydrogen-bond acceptors (Lipinski definition) is 3. The summed E-state index contributed by atoms with van der Waals surface area (Å²) in [6.45, 7) is 0. The molecule has 3 aromatic carbocycles. The smallest absolute Gasteiger partial charge is 0.255 e. The van der Waals surface area contributed by atoms with E-state index in [1.165, 1.54) is 0 Å². The second kappa shape index (κ2) is 7.43. The molecule has 0 atom stereocenters. The third-order valence-corrected chi connectivity index (χ3v) is 4.52. The third-order valence-electron chi connectivity index (χ3n) is 4.05. The molecule has 0 fully saturated rings. The van der Waals surface area contributed by atoms with Gasteiger partial charge in [0.2, 0.25) is 0 Å². The summed E-state index contributed by atoms with van der Waals surface area (Å²) < 4.78 is 5.74. The minimum Gasteiger partial charge on any atom is -0.440 e. The Balaban J connectivity index is 1.46. The summed E-state index contributed by atoms with van der Waals surface area (Å²) in [7, 11) is 0. The molecule has 4 nitrogen and oxygen atoms in total. The number of amides is 1. The highest BCUT2D eigenvalue weighted by Crippen LogP contribution is 2.22. The molecule has 0 aliphatic heterocycles. The number of fused-ring (bicyclic) bond motifs is 1. The van der Waals surface area contributed by atoms with Gasteiger partial charge in [0.1, 0.15) is 5.52 Å². The third kappa shape index (κ3) is 4.13. The molecule has 1 aromatic heterocycles. The molecule has 27 heavy (non-hydrogen) atoms. The Bertz CT molecular complexity index is 1120. The first-order valence-corrected chi connectivity index (χ1v) is 9.03. The van der Waals surface area contributed by atoms with Gasteiger partial charge in [0, 0.05) is 27.7 Å². The lowest BCUT2D eigenvalue weighted by molar-refractivity contribution is 0.102. The number of carbonyl (C=O) groups is 1. The molecule has 1 heterocycles. The molecule has 0 aliphatic rings. The molecule has 0 saturated heterocycles. The number of halogens is 2. The van der Waals surface area contributed by atoms with E-state index in [0.717, 1.165) is 11.1 Å². The maximum Gasteiger partial charge on any atom is 0.255 e. The van der Waals surface area contributed by atoms with Crippen molar-refractivity contribution in [1.29, 1.82) is 0 Å². The van der Waals surface area contributed by atoms with Gasteiger partial charge in [-0.1, -0.05) is 41.4 Å². The fourth-order valence-electron chi connectivity index (χ4n) is 2.74. The van der Waals surface area contributed by atoms with Gasteiger partial charge in [0.25, 0.3) is 5.91 Å². The Morgan fingerprint density at radius 3 is 2.52 bits per heavy atom.